The molecule has 0 aliphatic carbocycles. The molecule has 6 heteroatoms. The molecular formula is C21H20N4OS. The molecule has 2 aromatic carbocycles. The fourth-order valence-electron chi connectivity index (χ4n) is 2.67. The molecule has 0 saturated heterocycles. The second-order valence-electron chi connectivity index (χ2n) is 6.01. The van der Waals surface area contributed by atoms with Gasteiger partial charge in [0.25, 0.3) is 5.91 Å². The second kappa shape index (κ2) is 9.06. The van der Waals surface area contributed by atoms with Crippen LogP contribution in [0.5, 0.6) is 0 Å². The Hall–Kier alpha value is -3.04. The van der Waals surface area contributed by atoms with Gasteiger partial charge in [0.2, 0.25) is 0 Å². The van der Waals surface area contributed by atoms with Gasteiger partial charge >= 0.3 is 0 Å². The van der Waals surface area contributed by atoms with Crippen LogP contribution >= 0.6 is 11.8 Å². The molecule has 0 spiro atoms. The molecule has 1 aromatic heterocycles. The SMILES string of the molecule is Cc1ccnn1-c1ccc(C(=O)NCCSCc2ccccc2C#N)cc1. The number of amides is 1. The summed E-state index contributed by atoms with van der Waals surface area (Å²) >= 11 is 1.70. The highest BCUT2D eigenvalue weighted by Crippen LogP contribution is 2.15. The van der Waals surface area contributed by atoms with E-state index in [9.17, 15) is 4.79 Å². The van der Waals surface area contributed by atoms with Crippen LogP contribution in [-0.4, -0.2) is 28.0 Å². The number of nitrogens with one attached hydrogen (secondary N) is 1. The van der Waals surface area contributed by atoms with E-state index in [4.69, 9.17) is 5.26 Å². The van der Waals surface area contributed by atoms with Crippen LogP contribution in [-0.2, 0) is 5.75 Å². The largest absolute Gasteiger partial charge is 0.351 e. The maximum absolute atomic E-state index is 12.3. The van der Waals surface area contributed by atoms with Gasteiger partial charge in [-0.3, -0.25) is 4.79 Å². The number of nitriles is 1. The summed E-state index contributed by atoms with van der Waals surface area (Å²) in [4.78, 5) is 12.3. The molecular weight excluding hydrogens is 356 g/mol. The van der Waals surface area contributed by atoms with Crippen molar-refractivity contribution in [3.63, 3.8) is 0 Å². The van der Waals surface area contributed by atoms with E-state index in [1.807, 2.05) is 66.2 Å². The van der Waals surface area contributed by atoms with Crippen molar-refractivity contribution in [3.8, 4) is 11.8 Å². The zero-order chi connectivity index (χ0) is 19.1. The van der Waals surface area contributed by atoms with Crippen molar-refractivity contribution in [2.45, 2.75) is 12.7 Å². The number of hydrogen-bond donors (Lipinski definition) is 1. The summed E-state index contributed by atoms with van der Waals surface area (Å²) in [6, 6.07) is 19.1. The number of carbonyl (C=O) groups excluding carboxylic acids is 1. The number of hydrogen-bond acceptors (Lipinski definition) is 4. The summed E-state index contributed by atoms with van der Waals surface area (Å²) in [5.74, 6) is 1.46. The highest BCUT2D eigenvalue weighted by atomic mass is 32.2. The van der Waals surface area contributed by atoms with Gasteiger partial charge in [0, 0.05) is 35.5 Å². The van der Waals surface area contributed by atoms with Gasteiger partial charge in [0.1, 0.15) is 0 Å². The Morgan fingerprint density at radius 3 is 2.67 bits per heavy atom. The van der Waals surface area contributed by atoms with E-state index in [-0.39, 0.29) is 5.91 Å². The highest BCUT2D eigenvalue weighted by Gasteiger charge is 2.07. The molecule has 0 saturated carbocycles. The third-order valence-electron chi connectivity index (χ3n) is 4.13. The van der Waals surface area contributed by atoms with E-state index < -0.39 is 0 Å². The zero-order valence-corrected chi connectivity index (χ0v) is 15.9. The quantitative estimate of drug-likeness (QED) is 0.638. The van der Waals surface area contributed by atoms with Crippen molar-refractivity contribution in [3.05, 3.63) is 83.2 Å². The lowest BCUT2D eigenvalue weighted by Gasteiger charge is -2.08. The van der Waals surface area contributed by atoms with Crippen LogP contribution in [0.25, 0.3) is 5.69 Å². The summed E-state index contributed by atoms with van der Waals surface area (Å²) in [7, 11) is 0. The van der Waals surface area contributed by atoms with Gasteiger partial charge in [0.05, 0.1) is 17.3 Å². The first-order chi connectivity index (χ1) is 13.2. The van der Waals surface area contributed by atoms with Gasteiger partial charge in [-0.15, -0.1) is 0 Å². The van der Waals surface area contributed by atoms with Crippen molar-refractivity contribution in [2.75, 3.05) is 12.3 Å². The molecule has 0 bridgehead atoms. The molecule has 1 amide bonds. The van der Waals surface area contributed by atoms with Gasteiger partial charge in [-0.2, -0.15) is 22.1 Å². The van der Waals surface area contributed by atoms with Crippen molar-refractivity contribution >= 4 is 17.7 Å². The Balaban J connectivity index is 1.46. The number of aromatic nitrogens is 2. The van der Waals surface area contributed by atoms with Crippen LogP contribution in [0.1, 0.15) is 27.2 Å². The molecule has 0 aliphatic rings. The summed E-state index contributed by atoms with van der Waals surface area (Å²) in [6.45, 7) is 2.57. The number of aryl methyl sites for hydroxylation is 1. The molecule has 1 N–H and O–H groups in total. The Labute approximate surface area is 163 Å². The summed E-state index contributed by atoms with van der Waals surface area (Å²) in [6.07, 6.45) is 1.75. The number of nitrogens with zero attached hydrogens (tertiary/aromatic N) is 3. The minimum atomic E-state index is -0.0863. The average Bonchev–Trinajstić information content (AvgIpc) is 3.14. The van der Waals surface area contributed by atoms with Crippen molar-refractivity contribution in [1.82, 2.24) is 15.1 Å². The van der Waals surface area contributed by atoms with E-state index in [0.717, 1.165) is 28.5 Å². The molecule has 0 aliphatic heterocycles. The predicted molar refractivity (Wildman–Crippen MR) is 108 cm³/mol. The van der Waals surface area contributed by atoms with Crippen LogP contribution < -0.4 is 5.32 Å². The number of benzene rings is 2. The summed E-state index contributed by atoms with van der Waals surface area (Å²) in [5.41, 5.74) is 4.34. The maximum Gasteiger partial charge on any atom is 0.251 e. The van der Waals surface area contributed by atoms with Crippen LogP contribution in [0.3, 0.4) is 0 Å². The van der Waals surface area contributed by atoms with Gasteiger partial charge < -0.3 is 5.32 Å². The lowest BCUT2D eigenvalue weighted by atomic mass is 10.1. The van der Waals surface area contributed by atoms with E-state index in [0.29, 0.717) is 17.7 Å². The first kappa shape index (κ1) is 18.7. The predicted octanol–water partition coefficient (Wildman–Crippen LogP) is 3.72. The lowest BCUT2D eigenvalue weighted by molar-refractivity contribution is 0.0956. The summed E-state index contributed by atoms with van der Waals surface area (Å²) < 4.78 is 1.83. The van der Waals surface area contributed by atoms with E-state index in [1.54, 1.807) is 18.0 Å². The maximum atomic E-state index is 12.3. The topological polar surface area (TPSA) is 70.7 Å². The summed E-state index contributed by atoms with van der Waals surface area (Å²) in [5, 5.41) is 16.3. The molecule has 3 aromatic rings. The smallest absolute Gasteiger partial charge is 0.251 e. The molecule has 5 nitrogen and oxygen atoms in total. The van der Waals surface area contributed by atoms with Gasteiger partial charge in [-0.25, -0.2) is 4.68 Å². The Kier molecular flexibility index (Phi) is 6.29. The second-order valence-corrected chi connectivity index (χ2v) is 7.11. The molecule has 3 rings (SSSR count). The molecule has 1 heterocycles. The zero-order valence-electron chi connectivity index (χ0n) is 15.1. The van der Waals surface area contributed by atoms with Crippen LogP contribution in [0.2, 0.25) is 0 Å². The minimum Gasteiger partial charge on any atom is -0.351 e. The molecule has 0 radical (unpaired) electrons. The van der Waals surface area contributed by atoms with E-state index in [1.165, 1.54) is 0 Å². The van der Waals surface area contributed by atoms with Crippen molar-refractivity contribution in [2.24, 2.45) is 0 Å². The first-order valence-corrected chi connectivity index (χ1v) is 9.79. The first-order valence-electron chi connectivity index (χ1n) is 8.64. The fraction of sp³-hybridized carbons (Fsp3) is 0.190. The van der Waals surface area contributed by atoms with Crippen LogP contribution in [0.15, 0.2) is 60.8 Å². The van der Waals surface area contributed by atoms with Gasteiger partial charge in [0.15, 0.2) is 0 Å². The number of rotatable bonds is 7. The van der Waals surface area contributed by atoms with Crippen LogP contribution in [0, 0.1) is 18.3 Å². The minimum absolute atomic E-state index is 0.0863. The van der Waals surface area contributed by atoms with Gasteiger partial charge in [-0.05, 0) is 48.9 Å². The van der Waals surface area contributed by atoms with Crippen LogP contribution in [0.4, 0.5) is 0 Å². The number of thioether (sulfide) groups is 1. The molecule has 0 fully saturated rings. The number of carbonyl (C=O) groups is 1. The average molecular weight is 376 g/mol. The lowest BCUT2D eigenvalue weighted by Crippen LogP contribution is -2.25. The molecule has 0 atom stereocenters. The van der Waals surface area contributed by atoms with E-state index >= 15 is 0 Å². The normalized spacial score (nSPS) is 10.4. The Bertz CT molecular complexity index is 957. The molecule has 27 heavy (non-hydrogen) atoms. The molecule has 0 unspecified atom stereocenters. The third-order valence-corrected chi connectivity index (χ3v) is 5.14. The standard InChI is InChI=1S/C21H20N4OS/c1-16-10-11-24-25(16)20-8-6-17(7-9-20)21(26)23-12-13-27-15-19-5-3-2-4-18(19)14-22/h2-11H,12-13,15H2,1H3,(H,23,26). The Morgan fingerprint density at radius 1 is 1.19 bits per heavy atom. The fourth-order valence-corrected chi connectivity index (χ4v) is 3.53. The van der Waals surface area contributed by atoms with Crippen molar-refractivity contribution < 1.29 is 4.79 Å². The third kappa shape index (κ3) is 4.78. The Morgan fingerprint density at radius 2 is 1.96 bits per heavy atom. The monoisotopic (exact) mass is 376 g/mol. The molecule has 136 valence electrons. The van der Waals surface area contributed by atoms with Crippen molar-refractivity contribution in [1.29, 1.82) is 5.26 Å². The van der Waals surface area contributed by atoms with Gasteiger partial charge in [-0.1, -0.05) is 18.2 Å². The highest BCUT2D eigenvalue weighted by molar-refractivity contribution is 7.98. The van der Waals surface area contributed by atoms with E-state index in [2.05, 4.69) is 16.5 Å².